The molecule has 6 heteroatoms. The second-order valence-electron chi connectivity index (χ2n) is 2.58. The number of hydrogen-bond donors (Lipinski definition) is 3. The molecule has 0 radical (unpaired) electrons. The van der Waals surface area contributed by atoms with Gasteiger partial charge in [-0.1, -0.05) is 0 Å². The molecule has 0 aromatic heterocycles. The van der Waals surface area contributed by atoms with E-state index >= 15 is 0 Å². The minimum Gasteiger partial charge on any atom is -0.435 e. The minimum atomic E-state index is -2.47. The highest BCUT2D eigenvalue weighted by Gasteiger charge is 2.39. The third-order valence-electron chi connectivity index (χ3n) is 1.69. The molecule has 3 N–H and O–H groups in total. The molecule has 56 valence electrons. The Morgan fingerprint density at radius 1 is 1.11 bits per heavy atom. The van der Waals surface area contributed by atoms with Crippen LogP contribution in [0.25, 0.3) is 0 Å². The van der Waals surface area contributed by atoms with Crippen LogP contribution in [0.2, 0.25) is 19.6 Å². The molecule has 3 nitrogen and oxygen atoms in total. The molecule has 0 heterocycles. The van der Waals surface area contributed by atoms with Gasteiger partial charge in [-0.3, -0.25) is 0 Å². The molecule has 0 aliphatic heterocycles. The largest absolute Gasteiger partial charge is 0.435 e. The summed E-state index contributed by atoms with van der Waals surface area (Å²) in [6.07, 6.45) is 0. The molecule has 0 aromatic rings. The zero-order chi connectivity index (χ0) is 7.65. The molecule has 2 atom stereocenters. The molecular weight excluding hydrogens is 168 g/mol. The van der Waals surface area contributed by atoms with E-state index in [-0.39, 0.29) is 0 Å². The summed E-state index contributed by atoms with van der Waals surface area (Å²) in [7, 11) is -6.33. The van der Waals surface area contributed by atoms with Crippen molar-refractivity contribution in [2.75, 3.05) is 0 Å². The van der Waals surface area contributed by atoms with Crippen LogP contribution < -0.4 is 0 Å². The molecule has 0 rings (SSSR count). The monoisotopic (exact) mass is 182 g/mol. The van der Waals surface area contributed by atoms with Gasteiger partial charge in [0.05, 0.1) is 0 Å². The van der Waals surface area contributed by atoms with Crippen LogP contribution in [0.5, 0.6) is 0 Å². The normalized spacial score (nSPS) is 24.7. The fraction of sp³-hybridized carbons (Fsp3) is 1.00. The Hall–Kier alpha value is 0.531. The van der Waals surface area contributed by atoms with Crippen LogP contribution in [-0.2, 0) is 0 Å². The van der Waals surface area contributed by atoms with Gasteiger partial charge in [0, 0.05) is 0 Å². The van der Waals surface area contributed by atoms with Gasteiger partial charge < -0.3 is 14.4 Å². The Labute approximate surface area is 59.1 Å². The van der Waals surface area contributed by atoms with E-state index in [9.17, 15) is 4.80 Å². The number of hydrogen-bond acceptors (Lipinski definition) is 3. The van der Waals surface area contributed by atoms with E-state index in [0.29, 0.717) is 0 Å². The highest BCUT2D eigenvalue weighted by atomic mass is 29.6. The number of rotatable bonds is 2. The van der Waals surface area contributed by atoms with Crippen molar-refractivity contribution in [2.45, 2.75) is 19.6 Å². The first-order valence-electron chi connectivity index (χ1n) is 2.97. The first-order valence-corrected chi connectivity index (χ1v) is 12.4. The van der Waals surface area contributed by atoms with E-state index in [1.165, 1.54) is 0 Å². The van der Waals surface area contributed by atoms with E-state index < -0.39 is 24.5 Å². The van der Waals surface area contributed by atoms with Crippen LogP contribution in [0.1, 0.15) is 0 Å². The van der Waals surface area contributed by atoms with Crippen LogP contribution in [0.4, 0.5) is 0 Å². The maximum absolute atomic E-state index is 9.43. The smallest absolute Gasteiger partial charge is 0.214 e. The molecule has 0 bridgehead atoms. The van der Waals surface area contributed by atoms with Gasteiger partial charge in [-0.25, -0.2) is 0 Å². The van der Waals surface area contributed by atoms with Gasteiger partial charge >= 0.3 is 0 Å². The molecule has 0 saturated carbocycles. The average Bonchev–Trinajstić information content (AvgIpc) is 1.65. The van der Waals surface area contributed by atoms with Gasteiger partial charge in [-0.05, 0) is 19.6 Å². The van der Waals surface area contributed by atoms with E-state index in [1.807, 2.05) is 0 Å². The lowest BCUT2D eigenvalue weighted by Gasteiger charge is -2.23. The Morgan fingerprint density at radius 2 is 1.33 bits per heavy atom. The Kier molecular flexibility index (Phi) is 3.26. The summed E-state index contributed by atoms with van der Waals surface area (Å²) in [5.74, 6) is 0. The van der Waals surface area contributed by atoms with E-state index in [4.69, 9.17) is 9.59 Å². The van der Waals surface area contributed by atoms with Crippen molar-refractivity contribution < 1.29 is 14.4 Å². The Morgan fingerprint density at radius 3 is 1.33 bits per heavy atom. The standard InChI is InChI=1S/C3H14O3Si3/c1-7(4)9(3,6)8(2)5/h4-8H,1-3H3. The van der Waals surface area contributed by atoms with Crippen LogP contribution >= 0.6 is 0 Å². The first-order chi connectivity index (χ1) is 3.89. The third-order valence-corrected chi connectivity index (χ3v) is 23.9. The summed E-state index contributed by atoms with van der Waals surface area (Å²) < 4.78 is 0. The van der Waals surface area contributed by atoms with Crippen molar-refractivity contribution in [2.24, 2.45) is 0 Å². The Balaban J connectivity index is 4.01. The molecule has 0 aliphatic rings. The van der Waals surface area contributed by atoms with Crippen LogP contribution in [-0.4, -0.2) is 38.9 Å². The van der Waals surface area contributed by atoms with Crippen molar-refractivity contribution in [3.8, 4) is 0 Å². The van der Waals surface area contributed by atoms with Gasteiger partial charge in [0.25, 0.3) is 0 Å². The summed E-state index contributed by atoms with van der Waals surface area (Å²) in [6.45, 7) is 5.00. The predicted octanol–water partition coefficient (Wildman–Crippen LogP) is -1.60. The summed E-state index contributed by atoms with van der Waals surface area (Å²) >= 11 is 0. The van der Waals surface area contributed by atoms with E-state index in [1.54, 1.807) is 19.6 Å². The molecule has 0 aromatic carbocycles. The van der Waals surface area contributed by atoms with Gasteiger partial charge in [-0.2, -0.15) is 0 Å². The fourth-order valence-corrected chi connectivity index (χ4v) is 9.42. The van der Waals surface area contributed by atoms with Crippen molar-refractivity contribution >= 4 is 24.5 Å². The molecule has 0 amide bonds. The quantitative estimate of drug-likeness (QED) is 0.451. The van der Waals surface area contributed by atoms with Crippen LogP contribution in [0.15, 0.2) is 0 Å². The predicted molar refractivity (Wildman–Crippen MR) is 44.3 cm³/mol. The van der Waals surface area contributed by atoms with Gasteiger partial charge in [-0.15, -0.1) is 0 Å². The van der Waals surface area contributed by atoms with Crippen LogP contribution in [0.3, 0.4) is 0 Å². The van der Waals surface area contributed by atoms with Crippen molar-refractivity contribution in [1.82, 2.24) is 0 Å². The van der Waals surface area contributed by atoms with Gasteiger partial charge in [0.15, 0.2) is 17.1 Å². The van der Waals surface area contributed by atoms with E-state index in [2.05, 4.69) is 0 Å². The zero-order valence-corrected chi connectivity index (χ0v) is 9.31. The molecule has 9 heavy (non-hydrogen) atoms. The van der Waals surface area contributed by atoms with Crippen molar-refractivity contribution in [3.05, 3.63) is 0 Å². The molecule has 0 aliphatic carbocycles. The maximum atomic E-state index is 9.43. The molecule has 0 saturated heterocycles. The fourth-order valence-electron chi connectivity index (χ4n) is 0.349. The molecule has 2 unspecified atom stereocenters. The van der Waals surface area contributed by atoms with Crippen molar-refractivity contribution in [1.29, 1.82) is 0 Å². The molecule has 0 spiro atoms. The SMILES string of the molecule is C[SiH](O)[Si](C)(O)[SiH](C)O. The summed E-state index contributed by atoms with van der Waals surface area (Å²) in [5.41, 5.74) is 0. The lowest BCUT2D eigenvalue weighted by Crippen LogP contribution is -2.59. The third kappa shape index (κ3) is 2.32. The van der Waals surface area contributed by atoms with Crippen LogP contribution in [0, 0.1) is 0 Å². The average molecular weight is 182 g/mol. The summed E-state index contributed by atoms with van der Waals surface area (Å²) in [5, 5.41) is 0. The zero-order valence-electron chi connectivity index (χ0n) is 6.00. The highest BCUT2D eigenvalue weighted by Crippen LogP contribution is 2.02. The minimum absolute atomic E-state index is 1.65. The maximum Gasteiger partial charge on any atom is 0.214 e. The summed E-state index contributed by atoms with van der Waals surface area (Å²) in [4.78, 5) is 27.6. The lowest BCUT2D eigenvalue weighted by atomic mass is 11.9. The highest BCUT2D eigenvalue weighted by molar-refractivity contribution is 7.53. The van der Waals surface area contributed by atoms with E-state index in [0.717, 1.165) is 0 Å². The van der Waals surface area contributed by atoms with Gasteiger partial charge in [0.2, 0.25) is 7.35 Å². The summed E-state index contributed by atoms with van der Waals surface area (Å²) in [6, 6.07) is 0. The van der Waals surface area contributed by atoms with Gasteiger partial charge in [0.1, 0.15) is 0 Å². The lowest BCUT2D eigenvalue weighted by molar-refractivity contribution is 0.525. The Bertz CT molecular complexity index is 82.3. The first kappa shape index (κ1) is 9.53. The topological polar surface area (TPSA) is 60.7 Å². The molecule has 0 fully saturated rings. The molecular formula is C3H14O3Si3. The second kappa shape index (κ2) is 3.08. The van der Waals surface area contributed by atoms with Crippen molar-refractivity contribution in [3.63, 3.8) is 0 Å². The second-order valence-corrected chi connectivity index (χ2v) is 21.8.